The summed E-state index contributed by atoms with van der Waals surface area (Å²) in [6.45, 7) is 1.46. The molecule has 1 amide bonds. The molecular weight excluding hydrogens is 292 g/mol. The minimum Gasteiger partial charge on any atom is -0.356 e. The van der Waals surface area contributed by atoms with Gasteiger partial charge < -0.3 is 14.4 Å². The number of aromatic nitrogens is 3. The Morgan fingerprint density at radius 2 is 2.13 bits per heavy atom. The molecule has 2 aromatic heterocycles. The van der Waals surface area contributed by atoms with Gasteiger partial charge in [-0.2, -0.15) is 0 Å². The van der Waals surface area contributed by atoms with Crippen LogP contribution in [0.25, 0.3) is 11.3 Å². The molecule has 0 aliphatic heterocycles. The molecule has 0 aliphatic carbocycles. The monoisotopic (exact) mass is 310 g/mol. The van der Waals surface area contributed by atoms with Gasteiger partial charge in [0.2, 0.25) is 5.91 Å². The number of carbonyl (C=O) groups is 1. The molecule has 6 nitrogen and oxygen atoms in total. The number of nitrogens with zero attached hydrogens (tertiary/aromatic N) is 3. The van der Waals surface area contributed by atoms with Crippen molar-refractivity contribution in [3.8, 4) is 11.3 Å². The highest BCUT2D eigenvalue weighted by Crippen LogP contribution is 2.19. The van der Waals surface area contributed by atoms with Crippen molar-refractivity contribution < 1.29 is 9.32 Å². The predicted molar refractivity (Wildman–Crippen MR) is 85.5 cm³/mol. The fraction of sp³-hybridized carbons (Fsp3) is 0.235. The summed E-state index contributed by atoms with van der Waals surface area (Å²) in [5, 5.41) is 6.84. The number of nitrogens with one attached hydrogen (secondary N) is 1. The second-order valence-corrected chi connectivity index (χ2v) is 5.23. The highest BCUT2D eigenvalue weighted by atomic mass is 16.5. The number of carbonyl (C=O) groups excluding carboxylic acids is 1. The quantitative estimate of drug-likeness (QED) is 0.680. The van der Waals surface area contributed by atoms with Gasteiger partial charge in [-0.15, -0.1) is 0 Å². The standard InChI is InChI=1S/C17H18N4O2/c22-17(19-7-4-9-21-10-8-18-13-21)12-15-11-16(23-20-15)14-5-2-1-3-6-14/h1-3,5-6,8,10-11,13H,4,7,9,12H2,(H,19,22). The average Bonchev–Trinajstić information content (AvgIpc) is 3.24. The van der Waals surface area contributed by atoms with Gasteiger partial charge >= 0.3 is 0 Å². The largest absolute Gasteiger partial charge is 0.356 e. The molecule has 6 heteroatoms. The minimum absolute atomic E-state index is 0.0523. The third-order valence-corrected chi connectivity index (χ3v) is 3.43. The Kier molecular flexibility index (Phi) is 4.83. The first-order valence-electron chi connectivity index (χ1n) is 7.55. The number of rotatable bonds is 7. The van der Waals surface area contributed by atoms with Crippen molar-refractivity contribution in [1.82, 2.24) is 20.0 Å². The molecule has 3 aromatic rings. The van der Waals surface area contributed by atoms with Gasteiger partial charge in [0.25, 0.3) is 0 Å². The number of amides is 1. The van der Waals surface area contributed by atoms with Crippen LogP contribution in [0.2, 0.25) is 0 Å². The summed E-state index contributed by atoms with van der Waals surface area (Å²) in [7, 11) is 0. The van der Waals surface area contributed by atoms with Crippen molar-refractivity contribution in [3.63, 3.8) is 0 Å². The van der Waals surface area contributed by atoms with Crippen molar-refractivity contribution in [2.24, 2.45) is 0 Å². The van der Waals surface area contributed by atoms with Crippen molar-refractivity contribution in [2.75, 3.05) is 6.54 Å². The molecule has 118 valence electrons. The van der Waals surface area contributed by atoms with Crippen LogP contribution in [-0.2, 0) is 17.8 Å². The van der Waals surface area contributed by atoms with E-state index in [2.05, 4.69) is 15.5 Å². The van der Waals surface area contributed by atoms with Crippen LogP contribution in [0.1, 0.15) is 12.1 Å². The fourth-order valence-corrected chi connectivity index (χ4v) is 2.27. The Balaban J connectivity index is 1.44. The van der Waals surface area contributed by atoms with Gasteiger partial charge in [0.05, 0.1) is 18.4 Å². The first kappa shape index (κ1) is 15.0. The first-order chi connectivity index (χ1) is 11.3. The van der Waals surface area contributed by atoms with E-state index >= 15 is 0 Å². The molecule has 0 saturated carbocycles. The van der Waals surface area contributed by atoms with Gasteiger partial charge in [0.15, 0.2) is 5.76 Å². The lowest BCUT2D eigenvalue weighted by atomic mass is 10.1. The van der Waals surface area contributed by atoms with Crippen molar-refractivity contribution in [1.29, 1.82) is 0 Å². The zero-order valence-corrected chi connectivity index (χ0v) is 12.7. The lowest BCUT2D eigenvalue weighted by Gasteiger charge is -2.04. The van der Waals surface area contributed by atoms with E-state index in [-0.39, 0.29) is 12.3 Å². The average molecular weight is 310 g/mol. The zero-order chi connectivity index (χ0) is 15.9. The van der Waals surface area contributed by atoms with Crippen LogP contribution in [-0.4, -0.2) is 27.2 Å². The van der Waals surface area contributed by atoms with Crippen molar-refractivity contribution in [3.05, 3.63) is 60.8 Å². The Hall–Kier alpha value is -2.89. The Bertz CT molecular complexity index is 735. The molecule has 0 saturated heterocycles. The summed E-state index contributed by atoms with van der Waals surface area (Å²) >= 11 is 0. The summed E-state index contributed by atoms with van der Waals surface area (Å²) in [6.07, 6.45) is 6.50. The molecular formula is C17H18N4O2. The number of hydrogen-bond donors (Lipinski definition) is 1. The third-order valence-electron chi connectivity index (χ3n) is 3.43. The van der Waals surface area contributed by atoms with Crippen LogP contribution in [0.15, 0.2) is 59.6 Å². The number of hydrogen-bond acceptors (Lipinski definition) is 4. The van der Waals surface area contributed by atoms with E-state index in [0.29, 0.717) is 18.0 Å². The van der Waals surface area contributed by atoms with Crippen LogP contribution in [0, 0.1) is 0 Å². The van der Waals surface area contributed by atoms with E-state index in [4.69, 9.17) is 4.52 Å². The van der Waals surface area contributed by atoms with E-state index in [1.54, 1.807) is 18.6 Å². The van der Waals surface area contributed by atoms with Gasteiger partial charge in [-0.25, -0.2) is 4.98 Å². The molecule has 2 heterocycles. The molecule has 0 bridgehead atoms. The summed E-state index contributed by atoms with van der Waals surface area (Å²) in [5.74, 6) is 0.622. The first-order valence-corrected chi connectivity index (χ1v) is 7.55. The molecule has 0 fully saturated rings. The van der Waals surface area contributed by atoms with Gasteiger partial charge in [-0.05, 0) is 6.42 Å². The molecule has 23 heavy (non-hydrogen) atoms. The van der Waals surface area contributed by atoms with Crippen LogP contribution >= 0.6 is 0 Å². The fourth-order valence-electron chi connectivity index (χ4n) is 2.27. The predicted octanol–water partition coefficient (Wildman–Crippen LogP) is 2.29. The topological polar surface area (TPSA) is 73.0 Å². The van der Waals surface area contributed by atoms with Gasteiger partial charge in [-0.3, -0.25) is 4.79 Å². The highest BCUT2D eigenvalue weighted by Gasteiger charge is 2.10. The SMILES string of the molecule is O=C(Cc1cc(-c2ccccc2)on1)NCCCn1ccnc1. The van der Waals surface area contributed by atoms with E-state index in [1.165, 1.54) is 0 Å². The summed E-state index contributed by atoms with van der Waals surface area (Å²) < 4.78 is 7.27. The molecule has 0 radical (unpaired) electrons. The van der Waals surface area contributed by atoms with Gasteiger partial charge in [0, 0.05) is 37.1 Å². The van der Waals surface area contributed by atoms with E-state index in [1.807, 2.05) is 41.1 Å². The van der Waals surface area contributed by atoms with E-state index < -0.39 is 0 Å². The summed E-state index contributed by atoms with van der Waals surface area (Å²) in [6, 6.07) is 11.5. The van der Waals surface area contributed by atoms with Crippen LogP contribution < -0.4 is 5.32 Å². The summed E-state index contributed by atoms with van der Waals surface area (Å²) in [4.78, 5) is 15.9. The van der Waals surface area contributed by atoms with Gasteiger partial charge in [0.1, 0.15) is 0 Å². The molecule has 0 unspecified atom stereocenters. The van der Waals surface area contributed by atoms with Crippen molar-refractivity contribution in [2.45, 2.75) is 19.4 Å². The molecule has 1 aromatic carbocycles. The van der Waals surface area contributed by atoms with E-state index in [9.17, 15) is 4.79 Å². The maximum Gasteiger partial charge on any atom is 0.226 e. The lowest BCUT2D eigenvalue weighted by Crippen LogP contribution is -2.26. The number of imidazole rings is 1. The lowest BCUT2D eigenvalue weighted by molar-refractivity contribution is -0.120. The molecule has 0 spiro atoms. The Morgan fingerprint density at radius 3 is 2.91 bits per heavy atom. The molecule has 0 atom stereocenters. The molecule has 0 aliphatic rings. The smallest absolute Gasteiger partial charge is 0.226 e. The zero-order valence-electron chi connectivity index (χ0n) is 12.7. The maximum absolute atomic E-state index is 11.9. The second-order valence-electron chi connectivity index (χ2n) is 5.23. The number of benzene rings is 1. The number of aryl methyl sites for hydroxylation is 1. The van der Waals surface area contributed by atoms with Crippen LogP contribution in [0.4, 0.5) is 0 Å². The maximum atomic E-state index is 11.9. The highest BCUT2D eigenvalue weighted by molar-refractivity contribution is 5.78. The molecule has 3 rings (SSSR count). The minimum atomic E-state index is -0.0523. The Labute approximate surface area is 134 Å². The normalized spacial score (nSPS) is 10.6. The third kappa shape index (κ3) is 4.29. The second kappa shape index (κ2) is 7.40. The summed E-state index contributed by atoms with van der Waals surface area (Å²) in [5.41, 5.74) is 1.59. The van der Waals surface area contributed by atoms with Gasteiger partial charge in [-0.1, -0.05) is 35.5 Å². The Morgan fingerprint density at radius 1 is 1.26 bits per heavy atom. The van der Waals surface area contributed by atoms with Crippen LogP contribution in [0.3, 0.4) is 0 Å². The van der Waals surface area contributed by atoms with Crippen LogP contribution in [0.5, 0.6) is 0 Å². The molecule has 1 N–H and O–H groups in total. The van der Waals surface area contributed by atoms with E-state index in [0.717, 1.165) is 18.5 Å². The van der Waals surface area contributed by atoms with Crippen molar-refractivity contribution >= 4 is 5.91 Å².